The molecular weight excluding hydrogens is 306 g/mol. The molecule has 1 aliphatic heterocycles. The zero-order valence-corrected chi connectivity index (χ0v) is 15.3. The molecule has 5 nitrogen and oxygen atoms in total. The Kier molecular flexibility index (Phi) is 6.55. The fourth-order valence-electron chi connectivity index (χ4n) is 4.04. The number of hydrogen-bond acceptors (Lipinski definition) is 3. The van der Waals surface area contributed by atoms with Gasteiger partial charge in [0.05, 0.1) is 12.6 Å². The molecule has 5 heteroatoms. The first-order chi connectivity index (χ1) is 11.3. The molecular formula is C19H33NO4. The number of aliphatic hydroxyl groups is 1. The molecule has 138 valence electrons. The summed E-state index contributed by atoms with van der Waals surface area (Å²) in [7, 11) is 0. The summed E-state index contributed by atoms with van der Waals surface area (Å²) in [5.74, 6) is 1.03. The smallest absolute Gasteiger partial charge is 0.408 e. The number of carboxylic acid groups (broad SMARTS) is 1. The zero-order chi connectivity index (χ0) is 17.7. The van der Waals surface area contributed by atoms with E-state index in [9.17, 15) is 15.0 Å². The average molecular weight is 339 g/mol. The van der Waals surface area contributed by atoms with E-state index in [2.05, 4.69) is 0 Å². The highest BCUT2D eigenvalue weighted by Crippen LogP contribution is 2.34. The summed E-state index contributed by atoms with van der Waals surface area (Å²) < 4.78 is 5.64. The average Bonchev–Trinajstić information content (AvgIpc) is 2.53. The quantitative estimate of drug-likeness (QED) is 0.789. The van der Waals surface area contributed by atoms with Crippen LogP contribution in [0.25, 0.3) is 0 Å². The van der Waals surface area contributed by atoms with Crippen LogP contribution in [0.5, 0.6) is 0 Å². The van der Waals surface area contributed by atoms with E-state index in [-0.39, 0.29) is 0 Å². The lowest BCUT2D eigenvalue weighted by molar-refractivity contribution is -0.0161. The van der Waals surface area contributed by atoms with Gasteiger partial charge in [-0.25, -0.2) is 4.79 Å². The van der Waals surface area contributed by atoms with Gasteiger partial charge >= 0.3 is 6.09 Å². The van der Waals surface area contributed by atoms with Crippen molar-refractivity contribution in [2.24, 2.45) is 5.92 Å². The molecule has 24 heavy (non-hydrogen) atoms. The molecule has 1 amide bonds. The van der Waals surface area contributed by atoms with Crippen molar-refractivity contribution in [3.05, 3.63) is 11.8 Å². The van der Waals surface area contributed by atoms with Crippen molar-refractivity contribution >= 4 is 6.09 Å². The van der Waals surface area contributed by atoms with Gasteiger partial charge in [0.25, 0.3) is 0 Å². The van der Waals surface area contributed by atoms with Gasteiger partial charge in [-0.15, -0.1) is 0 Å². The molecule has 1 aliphatic carbocycles. The number of allylic oxidation sites excluding steroid dienone is 1. The Hall–Kier alpha value is -1.23. The van der Waals surface area contributed by atoms with Gasteiger partial charge < -0.3 is 14.9 Å². The van der Waals surface area contributed by atoms with Crippen LogP contribution in [0.2, 0.25) is 0 Å². The van der Waals surface area contributed by atoms with Gasteiger partial charge in [-0.05, 0) is 52.0 Å². The lowest BCUT2D eigenvalue weighted by Crippen LogP contribution is -2.56. The molecule has 0 bridgehead atoms. The molecule has 2 aliphatic rings. The van der Waals surface area contributed by atoms with E-state index >= 15 is 0 Å². The van der Waals surface area contributed by atoms with E-state index in [1.807, 2.05) is 26.8 Å². The van der Waals surface area contributed by atoms with Crippen molar-refractivity contribution in [3.8, 4) is 0 Å². The maximum atomic E-state index is 12.0. The van der Waals surface area contributed by atoms with Gasteiger partial charge in [-0.2, -0.15) is 0 Å². The number of hydrogen-bond donors (Lipinski definition) is 2. The predicted octanol–water partition coefficient (Wildman–Crippen LogP) is 4.16. The van der Waals surface area contributed by atoms with Gasteiger partial charge in [-0.1, -0.05) is 32.1 Å². The van der Waals surface area contributed by atoms with Crippen LogP contribution in [0.1, 0.15) is 72.1 Å². The highest BCUT2D eigenvalue weighted by atomic mass is 16.5. The lowest BCUT2D eigenvalue weighted by atomic mass is 9.82. The molecule has 2 atom stereocenters. The Morgan fingerprint density at radius 1 is 1.29 bits per heavy atom. The van der Waals surface area contributed by atoms with Crippen LogP contribution in [-0.4, -0.2) is 45.5 Å². The van der Waals surface area contributed by atoms with Crippen LogP contribution < -0.4 is 0 Å². The number of carbonyl (C=O) groups is 1. The van der Waals surface area contributed by atoms with Crippen molar-refractivity contribution in [2.45, 2.75) is 89.8 Å². The summed E-state index contributed by atoms with van der Waals surface area (Å²) in [5, 5.41) is 20.8. The number of ether oxygens (including phenoxy) is 1. The van der Waals surface area contributed by atoms with Gasteiger partial charge in [0.1, 0.15) is 11.9 Å². The first-order valence-electron chi connectivity index (χ1n) is 9.34. The largest absolute Gasteiger partial charge is 0.495 e. The summed E-state index contributed by atoms with van der Waals surface area (Å²) in [6, 6.07) is -0.463. The highest BCUT2D eigenvalue weighted by molar-refractivity contribution is 5.66. The molecule has 1 fully saturated rings. The van der Waals surface area contributed by atoms with Crippen LogP contribution >= 0.6 is 0 Å². The molecule has 0 aromatic rings. The first-order valence-corrected chi connectivity index (χ1v) is 9.34. The third-order valence-electron chi connectivity index (χ3n) is 5.18. The Bertz CT molecular complexity index is 449. The van der Waals surface area contributed by atoms with E-state index in [4.69, 9.17) is 4.74 Å². The highest BCUT2D eigenvalue weighted by Gasteiger charge is 2.40. The van der Waals surface area contributed by atoms with Gasteiger partial charge in [0.2, 0.25) is 0 Å². The van der Waals surface area contributed by atoms with E-state index in [1.54, 1.807) is 0 Å². The minimum absolute atomic E-state index is 0.463. The van der Waals surface area contributed by atoms with E-state index in [0.29, 0.717) is 24.7 Å². The summed E-state index contributed by atoms with van der Waals surface area (Å²) in [6.45, 7) is 6.26. The van der Waals surface area contributed by atoms with Crippen molar-refractivity contribution in [2.75, 3.05) is 6.61 Å². The Balaban J connectivity index is 2.24. The van der Waals surface area contributed by atoms with Crippen molar-refractivity contribution in [3.63, 3.8) is 0 Å². The summed E-state index contributed by atoms with van der Waals surface area (Å²) in [5.41, 5.74) is -0.568. The number of aliphatic hydroxyl groups excluding tert-OH is 1. The molecule has 2 N–H and O–H groups in total. The lowest BCUT2D eigenvalue weighted by Gasteiger charge is -2.43. The van der Waals surface area contributed by atoms with Crippen molar-refractivity contribution in [1.82, 2.24) is 4.90 Å². The second-order valence-corrected chi connectivity index (χ2v) is 8.17. The van der Waals surface area contributed by atoms with Crippen LogP contribution in [-0.2, 0) is 4.74 Å². The van der Waals surface area contributed by atoms with E-state index in [1.165, 1.54) is 24.2 Å². The molecule has 2 unspecified atom stereocenters. The summed E-state index contributed by atoms with van der Waals surface area (Å²) in [4.78, 5) is 13.4. The van der Waals surface area contributed by atoms with E-state index in [0.717, 1.165) is 25.7 Å². The van der Waals surface area contributed by atoms with Gasteiger partial charge in [0, 0.05) is 5.54 Å². The fourth-order valence-corrected chi connectivity index (χ4v) is 4.04. The van der Waals surface area contributed by atoms with Crippen LogP contribution in [0.3, 0.4) is 0 Å². The third-order valence-corrected chi connectivity index (χ3v) is 5.18. The standard InChI is InChI=1S/C19H33NO4/c1-19(2,3)20(18(22)23)15(13-14-9-5-4-6-10-14)17(21)16-11-7-8-12-24-16/h11,14-15,17,21H,4-10,12-13H2,1-3H3,(H,22,23). The monoisotopic (exact) mass is 339 g/mol. The minimum atomic E-state index is -0.973. The minimum Gasteiger partial charge on any atom is -0.495 e. The van der Waals surface area contributed by atoms with Gasteiger partial charge in [0.15, 0.2) is 0 Å². The van der Waals surface area contributed by atoms with E-state index < -0.39 is 23.8 Å². The topological polar surface area (TPSA) is 70.0 Å². The molecule has 2 rings (SSSR count). The fraction of sp³-hybridized carbons (Fsp3) is 0.842. The second-order valence-electron chi connectivity index (χ2n) is 8.17. The molecule has 0 saturated heterocycles. The van der Waals surface area contributed by atoms with Crippen molar-refractivity contribution < 1.29 is 19.7 Å². The molecule has 1 heterocycles. The molecule has 0 spiro atoms. The maximum Gasteiger partial charge on any atom is 0.408 e. The predicted molar refractivity (Wildman–Crippen MR) is 93.9 cm³/mol. The first kappa shape index (κ1) is 19.1. The Morgan fingerprint density at radius 2 is 1.96 bits per heavy atom. The molecule has 1 saturated carbocycles. The van der Waals surface area contributed by atoms with Crippen LogP contribution in [0.4, 0.5) is 4.79 Å². The third kappa shape index (κ3) is 4.88. The van der Waals surface area contributed by atoms with Gasteiger partial charge in [-0.3, -0.25) is 4.90 Å². The van der Waals surface area contributed by atoms with Crippen molar-refractivity contribution in [1.29, 1.82) is 0 Å². The van der Waals surface area contributed by atoms with Crippen LogP contribution in [0, 0.1) is 5.92 Å². The number of nitrogens with zero attached hydrogens (tertiary/aromatic N) is 1. The molecule has 0 aromatic carbocycles. The normalized spacial score (nSPS) is 22.2. The molecule has 0 aromatic heterocycles. The zero-order valence-electron chi connectivity index (χ0n) is 15.3. The summed E-state index contributed by atoms with van der Waals surface area (Å²) in [6.07, 6.45) is 8.51. The molecule has 0 radical (unpaired) electrons. The Morgan fingerprint density at radius 3 is 2.46 bits per heavy atom. The second kappa shape index (κ2) is 8.24. The number of amides is 1. The number of rotatable bonds is 5. The van der Waals surface area contributed by atoms with Crippen LogP contribution in [0.15, 0.2) is 11.8 Å². The SMILES string of the molecule is CC(C)(C)N(C(=O)O)C(CC1CCCCC1)C(O)C1=CCCCO1. The maximum absolute atomic E-state index is 12.0. The summed E-state index contributed by atoms with van der Waals surface area (Å²) >= 11 is 0. The Labute approximate surface area is 145 Å².